The Morgan fingerprint density at radius 3 is 2.69 bits per heavy atom. The van der Waals surface area contributed by atoms with Crippen LogP contribution in [0.15, 0.2) is 40.9 Å². The number of carbonyl (C=O) groups is 1. The van der Waals surface area contributed by atoms with Crippen LogP contribution >= 0.6 is 27.5 Å². The van der Waals surface area contributed by atoms with Gasteiger partial charge in [-0.1, -0.05) is 17.7 Å². The smallest absolute Gasteiger partial charge is 0.260 e. The standard InChI is InChI=1S/C19H19BrClNO4/c1-2-22(11-13-3-5-17-18(9-13)25-8-7-24-17)19(23)12-26-16-6-4-14(21)10-15(16)20/h3-6,9-10H,2,7-8,11-12H2,1H3. The lowest BCUT2D eigenvalue weighted by molar-refractivity contribution is -0.133. The lowest BCUT2D eigenvalue weighted by Gasteiger charge is -2.23. The highest BCUT2D eigenvalue weighted by Crippen LogP contribution is 2.31. The number of benzene rings is 2. The molecular weight excluding hydrogens is 422 g/mol. The molecule has 26 heavy (non-hydrogen) atoms. The summed E-state index contributed by atoms with van der Waals surface area (Å²) in [6.07, 6.45) is 0. The maximum atomic E-state index is 12.5. The molecule has 0 N–H and O–H groups in total. The van der Waals surface area contributed by atoms with Crippen LogP contribution in [-0.2, 0) is 11.3 Å². The zero-order chi connectivity index (χ0) is 18.5. The van der Waals surface area contributed by atoms with E-state index in [4.69, 9.17) is 25.8 Å². The molecule has 3 rings (SSSR count). The molecule has 1 amide bonds. The minimum Gasteiger partial charge on any atom is -0.486 e. The Balaban J connectivity index is 1.61. The average molecular weight is 441 g/mol. The number of hydrogen-bond donors (Lipinski definition) is 0. The fourth-order valence-electron chi connectivity index (χ4n) is 2.61. The van der Waals surface area contributed by atoms with Crippen molar-refractivity contribution < 1.29 is 19.0 Å². The second-order valence-corrected chi connectivity index (χ2v) is 7.04. The van der Waals surface area contributed by atoms with E-state index < -0.39 is 0 Å². The van der Waals surface area contributed by atoms with E-state index >= 15 is 0 Å². The molecule has 0 saturated carbocycles. The zero-order valence-corrected chi connectivity index (χ0v) is 16.7. The number of ether oxygens (including phenoxy) is 3. The van der Waals surface area contributed by atoms with E-state index in [-0.39, 0.29) is 12.5 Å². The minimum absolute atomic E-state index is 0.0430. The Bertz CT molecular complexity index is 799. The fraction of sp³-hybridized carbons (Fsp3) is 0.316. The molecule has 2 aromatic rings. The Morgan fingerprint density at radius 1 is 1.19 bits per heavy atom. The molecule has 1 aliphatic heterocycles. The number of amides is 1. The summed E-state index contributed by atoms with van der Waals surface area (Å²) >= 11 is 9.29. The highest BCUT2D eigenvalue weighted by Gasteiger charge is 2.17. The first-order chi connectivity index (χ1) is 12.6. The number of likely N-dealkylation sites (N-methyl/N-ethyl adjacent to an activating group) is 1. The Hall–Kier alpha value is -1.92. The molecular formula is C19H19BrClNO4. The van der Waals surface area contributed by atoms with E-state index in [0.29, 0.717) is 41.5 Å². The van der Waals surface area contributed by atoms with Gasteiger partial charge in [-0.05, 0) is 58.7 Å². The van der Waals surface area contributed by atoms with Crippen LogP contribution in [0.4, 0.5) is 0 Å². The number of halogens is 2. The van der Waals surface area contributed by atoms with Crippen LogP contribution in [0.1, 0.15) is 12.5 Å². The predicted octanol–water partition coefficient (Wildman–Crippen LogP) is 4.30. The van der Waals surface area contributed by atoms with E-state index in [1.54, 1.807) is 23.1 Å². The lowest BCUT2D eigenvalue weighted by Crippen LogP contribution is -2.34. The summed E-state index contributed by atoms with van der Waals surface area (Å²) in [5.74, 6) is 1.95. The van der Waals surface area contributed by atoms with Crippen molar-refractivity contribution in [2.45, 2.75) is 13.5 Å². The monoisotopic (exact) mass is 439 g/mol. The molecule has 0 saturated heterocycles. The third-order valence-electron chi connectivity index (χ3n) is 3.96. The van der Waals surface area contributed by atoms with Crippen molar-refractivity contribution in [1.82, 2.24) is 4.90 Å². The lowest BCUT2D eigenvalue weighted by atomic mass is 10.1. The molecule has 2 aromatic carbocycles. The molecule has 0 unspecified atom stereocenters. The molecule has 7 heteroatoms. The normalized spacial score (nSPS) is 12.6. The summed E-state index contributed by atoms with van der Waals surface area (Å²) in [7, 11) is 0. The number of hydrogen-bond acceptors (Lipinski definition) is 4. The van der Waals surface area contributed by atoms with Gasteiger partial charge in [0, 0.05) is 18.1 Å². The van der Waals surface area contributed by atoms with Crippen molar-refractivity contribution in [3.05, 3.63) is 51.5 Å². The van der Waals surface area contributed by atoms with Gasteiger partial charge in [-0.2, -0.15) is 0 Å². The molecule has 5 nitrogen and oxygen atoms in total. The van der Waals surface area contributed by atoms with E-state index in [2.05, 4.69) is 15.9 Å². The molecule has 0 bridgehead atoms. The van der Waals surface area contributed by atoms with Crippen LogP contribution in [-0.4, -0.2) is 37.2 Å². The van der Waals surface area contributed by atoms with Crippen LogP contribution in [0.5, 0.6) is 17.2 Å². The number of carbonyl (C=O) groups excluding carboxylic acids is 1. The van der Waals surface area contributed by atoms with E-state index in [0.717, 1.165) is 17.1 Å². The van der Waals surface area contributed by atoms with Crippen LogP contribution in [0.25, 0.3) is 0 Å². The maximum absolute atomic E-state index is 12.5. The summed E-state index contributed by atoms with van der Waals surface area (Å²) in [5, 5.41) is 0.601. The van der Waals surface area contributed by atoms with Crippen molar-refractivity contribution in [2.75, 3.05) is 26.4 Å². The summed E-state index contributed by atoms with van der Waals surface area (Å²) in [4.78, 5) is 14.3. The van der Waals surface area contributed by atoms with Crippen LogP contribution in [0, 0.1) is 0 Å². The quantitative estimate of drug-likeness (QED) is 0.672. The van der Waals surface area contributed by atoms with E-state index in [9.17, 15) is 4.79 Å². The Labute approximate surface area is 165 Å². The fourth-order valence-corrected chi connectivity index (χ4v) is 3.40. The maximum Gasteiger partial charge on any atom is 0.260 e. The second-order valence-electron chi connectivity index (χ2n) is 5.75. The summed E-state index contributed by atoms with van der Waals surface area (Å²) in [6, 6.07) is 10.9. The second kappa shape index (κ2) is 8.64. The molecule has 0 spiro atoms. The van der Waals surface area contributed by atoms with Crippen molar-refractivity contribution in [2.24, 2.45) is 0 Å². The molecule has 0 aliphatic carbocycles. The van der Waals surface area contributed by atoms with Gasteiger partial charge in [0.25, 0.3) is 5.91 Å². The summed E-state index contributed by atoms with van der Waals surface area (Å²) in [6.45, 7) is 4.06. The highest BCUT2D eigenvalue weighted by atomic mass is 79.9. The van der Waals surface area contributed by atoms with Gasteiger partial charge in [0.15, 0.2) is 18.1 Å². The third kappa shape index (κ3) is 4.62. The summed E-state index contributed by atoms with van der Waals surface area (Å²) in [5.41, 5.74) is 0.983. The average Bonchev–Trinajstić information content (AvgIpc) is 2.65. The Kier molecular flexibility index (Phi) is 6.27. The molecule has 0 radical (unpaired) electrons. The van der Waals surface area contributed by atoms with Crippen LogP contribution in [0.2, 0.25) is 5.02 Å². The van der Waals surface area contributed by atoms with Crippen molar-refractivity contribution in [3.63, 3.8) is 0 Å². The first kappa shape index (κ1) is 18.9. The van der Waals surface area contributed by atoms with Gasteiger partial charge in [0.05, 0.1) is 4.47 Å². The zero-order valence-electron chi connectivity index (χ0n) is 14.3. The predicted molar refractivity (Wildman–Crippen MR) is 103 cm³/mol. The van der Waals surface area contributed by atoms with Gasteiger partial charge in [-0.15, -0.1) is 0 Å². The van der Waals surface area contributed by atoms with Gasteiger partial charge in [-0.25, -0.2) is 0 Å². The number of fused-ring (bicyclic) bond motifs is 1. The molecule has 0 atom stereocenters. The van der Waals surface area contributed by atoms with Crippen LogP contribution in [0.3, 0.4) is 0 Å². The topological polar surface area (TPSA) is 48.0 Å². The Morgan fingerprint density at radius 2 is 1.96 bits per heavy atom. The van der Waals surface area contributed by atoms with Crippen molar-refractivity contribution >= 4 is 33.4 Å². The number of rotatable bonds is 6. The van der Waals surface area contributed by atoms with Gasteiger partial charge >= 0.3 is 0 Å². The summed E-state index contributed by atoms with van der Waals surface area (Å²) < 4.78 is 17.5. The van der Waals surface area contributed by atoms with Gasteiger partial charge in [-0.3, -0.25) is 4.79 Å². The molecule has 1 heterocycles. The first-order valence-electron chi connectivity index (χ1n) is 8.31. The largest absolute Gasteiger partial charge is 0.486 e. The molecule has 138 valence electrons. The SMILES string of the molecule is CCN(Cc1ccc2c(c1)OCCO2)C(=O)COc1ccc(Cl)cc1Br. The highest BCUT2D eigenvalue weighted by molar-refractivity contribution is 9.10. The number of nitrogens with zero attached hydrogens (tertiary/aromatic N) is 1. The van der Waals surface area contributed by atoms with Crippen LogP contribution < -0.4 is 14.2 Å². The first-order valence-corrected chi connectivity index (χ1v) is 9.48. The van der Waals surface area contributed by atoms with E-state index in [1.807, 2.05) is 25.1 Å². The van der Waals surface area contributed by atoms with E-state index in [1.165, 1.54) is 0 Å². The molecule has 1 aliphatic rings. The third-order valence-corrected chi connectivity index (χ3v) is 4.81. The molecule has 0 aromatic heterocycles. The van der Waals surface area contributed by atoms with Gasteiger partial charge in [0.1, 0.15) is 19.0 Å². The minimum atomic E-state index is -0.0933. The van der Waals surface area contributed by atoms with Crippen molar-refractivity contribution in [1.29, 1.82) is 0 Å². The van der Waals surface area contributed by atoms with Gasteiger partial charge in [0.2, 0.25) is 0 Å². The van der Waals surface area contributed by atoms with Crippen molar-refractivity contribution in [3.8, 4) is 17.2 Å². The molecule has 0 fully saturated rings. The van der Waals surface area contributed by atoms with Gasteiger partial charge < -0.3 is 19.1 Å².